The molecule has 0 aromatic rings. The molecule has 1 rings (SSSR count). The number of amides is 1. The van der Waals surface area contributed by atoms with E-state index in [9.17, 15) is 4.79 Å². The van der Waals surface area contributed by atoms with Crippen LogP contribution in [0.3, 0.4) is 0 Å². The van der Waals surface area contributed by atoms with Crippen molar-refractivity contribution >= 4 is 21.8 Å². The third kappa shape index (κ3) is 4.51. The molecule has 0 aromatic heterocycles. The molecule has 3 nitrogen and oxygen atoms in total. The molecule has 0 bridgehead atoms. The van der Waals surface area contributed by atoms with Crippen molar-refractivity contribution in [1.29, 1.82) is 0 Å². The molecule has 0 spiro atoms. The second-order valence-electron chi connectivity index (χ2n) is 2.96. The molecule has 0 heterocycles. The number of halogens is 1. The lowest BCUT2D eigenvalue weighted by Gasteiger charge is -2.03. The first-order chi connectivity index (χ1) is 5.68. The lowest BCUT2D eigenvalue weighted by atomic mass is 10.5. The molecule has 1 fully saturated rings. The Labute approximate surface area is 80.7 Å². The number of hydrogen-bond donors (Lipinski definition) is 2. The number of carbonyl (C=O) groups is 1. The van der Waals surface area contributed by atoms with Crippen LogP contribution in [0.1, 0.15) is 12.8 Å². The van der Waals surface area contributed by atoms with Gasteiger partial charge in [0.1, 0.15) is 0 Å². The van der Waals surface area contributed by atoms with Crippen LogP contribution in [-0.2, 0) is 4.79 Å². The fourth-order valence-electron chi connectivity index (χ4n) is 0.818. The zero-order valence-corrected chi connectivity index (χ0v) is 8.49. The maximum absolute atomic E-state index is 11.1. The summed E-state index contributed by atoms with van der Waals surface area (Å²) in [7, 11) is 0. The van der Waals surface area contributed by atoms with E-state index in [2.05, 4.69) is 33.1 Å². The summed E-state index contributed by atoms with van der Waals surface area (Å²) in [6, 6.07) is 0.450. The predicted octanol–water partition coefficient (Wildman–Crippen LogP) is 0.763. The van der Waals surface area contributed by atoms with Crippen LogP contribution in [0, 0.1) is 0 Å². The third-order valence-electron chi connectivity index (χ3n) is 1.54. The van der Waals surface area contributed by atoms with Gasteiger partial charge in [-0.1, -0.05) is 22.5 Å². The fourth-order valence-corrected chi connectivity index (χ4v) is 1.02. The minimum absolute atomic E-state index is 0.0752. The van der Waals surface area contributed by atoms with E-state index in [1.165, 1.54) is 0 Å². The zero-order chi connectivity index (χ0) is 8.97. The van der Waals surface area contributed by atoms with Crippen LogP contribution in [0.15, 0.2) is 11.1 Å². The monoisotopic (exact) mass is 232 g/mol. The van der Waals surface area contributed by atoms with E-state index < -0.39 is 0 Å². The summed E-state index contributed by atoms with van der Waals surface area (Å²) in [6.07, 6.45) is 2.27. The van der Waals surface area contributed by atoms with Crippen molar-refractivity contribution in [3.05, 3.63) is 11.1 Å². The van der Waals surface area contributed by atoms with E-state index in [0.29, 0.717) is 19.1 Å². The first kappa shape index (κ1) is 9.74. The molecule has 0 saturated heterocycles. The molecular weight excluding hydrogens is 220 g/mol. The number of hydrogen-bond acceptors (Lipinski definition) is 2. The number of carbonyl (C=O) groups excluding carboxylic acids is 1. The molecule has 0 aliphatic heterocycles. The van der Waals surface area contributed by atoms with Crippen LogP contribution < -0.4 is 10.6 Å². The average Bonchev–Trinajstić information content (AvgIpc) is 2.70. The van der Waals surface area contributed by atoms with Gasteiger partial charge in [-0.05, 0) is 12.8 Å². The van der Waals surface area contributed by atoms with Gasteiger partial charge >= 0.3 is 0 Å². The minimum atomic E-state index is 0.0752. The Bertz CT molecular complexity index is 189. The Balaban J connectivity index is 1.97. The second kappa shape index (κ2) is 4.62. The highest BCUT2D eigenvalue weighted by Crippen LogP contribution is 2.18. The van der Waals surface area contributed by atoms with Crippen molar-refractivity contribution < 1.29 is 4.79 Å². The van der Waals surface area contributed by atoms with E-state index in [-0.39, 0.29) is 5.91 Å². The molecule has 1 amide bonds. The fraction of sp³-hybridized carbons (Fsp3) is 0.625. The average molecular weight is 233 g/mol. The molecular formula is C8H13BrN2O. The molecule has 68 valence electrons. The predicted molar refractivity (Wildman–Crippen MR) is 52.1 cm³/mol. The first-order valence-corrected chi connectivity index (χ1v) is 4.81. The van der Waals surface area contributed by atoms with Crippen molar-refractivity contribution in [2.24, 2.45) is 0 Å². The summed E-state index contributed by atoms with van der Waals surface area (Å²) in [5.74, 6) is 0.0752. The lowest BCUT2D eigenvalue weighted by Crippen LogP contribution is -2.35. The van der Waals surface area contributed by atoms with Crippen molar-refractivity contribution in [3.63, 3.8) is 0 Å². The molecule has 1 saturated carbocycles. The Morgan fingerprint density at radius 2 is 2.17 bits per heavy atom. The summed E-state index contributed by atoms with van der Waals surface area (Å²) >= 11 is 3.20. The van der Waals surface area contributed by atoms with Crippen LogP contribution >= 0.6 is 15.9 Å². The summed E-state index contributed by atoms with van der Waals surface area (Å²) in [6.45, 7) is 4.66. The quantitative estimate of drug-likeness (QED) is 0.736. The zero-order valence-electron chi connectivity index (χ0n) is 6.90. The van der Waals surface area contributed by atoms with Gasteiger partial charge in [-0.25, -0.2) is 0 Å². The van der Waals surface area contributed by atoms with Crippen LogP contribution in [0.4, 0.5) is 0 Å². The van der Waals surface area contributed by atoms with Gasteiger partial charge in [0.25, 0.3) is 0 Å². The van der Waals surface area contributed by atoms with Gasteiger partial charge in [0.05, 0.1) is 6.54 Å². The topological polar surface area (TPSA) is 41.1 Å². The molecule has 2 N–H and O–H groups in total. The Morgan fingerprint density at radius 1 is 1.50 bits per heavy atom. The first-order valence-electron chi connectivity index (χ1n) is 4.02. The number of rotatable bonds is 5. The molecule has 0 aromatic carbocycles. The van der Waals surface area contributed by atoms with E-state index in [1.807, 2.05) is 0 Å². The van der Waals surface area contributed by atoms with Crippen molar-refractivity contribution in [1.82, 2.24) is 10.6 Å². The Hall–Kier alpha value is -0.350. The molecule has 12 heavy (non-hydrogen) atoms. The summed E-state index contributed by atoms with van der Waals surface area (Å²) in [5.41, 5.74) is 0. The van der Waals surface area contributed by atoms with Crippen LogP contribution in [0.25, 0.3) is 0 Å². The van der Waals surface area contributed by atoms with Gasteiger partial charge < -0.3 is 10.6 Å². The highest BCUT2D eigenvalue weighted by atomic mass is 79.9. The largest absolute Gasteiger partial charge is 0.352 e. The maximum Gasteiger partial charge on any atom is 0.234 e. The van der Waals surface area contributed by atoms with Gasteiger partial charge in [0, 0.05) is 17.1 Å². The molecule has 1 aliphatic rings. The Morgan fingerprint density at radius 3 is 2.67 bits per heavy atom. The molecule has 1 aliphatic carbocycles. The highest BCUT2D eigenvalue weighted by molar-refractivity contribution is 9.11. The van der Waals surface area contributed by atoms with Gasteiger partial charge in [-0.3, -0.25) is 4.79 Å². The summed E-state index contributed by atoms with van der Waals surface area (Å²) in [4.78, 5) is 11.1. The minimum Gasteiger partial charge on any atom is -0.352 e. The van der Waals surface area contributed by atoms with Crippen molar-refractivity contribution in [2.75, 3.05) is 13.1 Å². The molecule has 4 heteroatoms. The normalized spacial score (nSPS) is 15.8. The van der Waals surface area contributed by atoms with Crippen LogP contribution in [0.5, 0.6) is 0 Å². The molecule has 0 atom stereocenters. The van der Waals surface area contributed by atoms with Gasteiger partial charge in [-0.15, -0.1) is 0 Å². The van der Waals surface area contributed by atoms with E-state index in [4.69, 9.17) is 0 Å². The Kier molecular flexibility index (Phi) is 3.75. The second-order valence-corrected chi connectivity index (χ2v) is 4.08. The smallest absolute Gasteiger partial charge is 0.234 e. The molecule has 0 radical (unpaired) electrons. The van der Waals surface area contributed by atoms with Gasteiger partial charge in [-0.2, -0.15) is 0 Å². The highest BCUT2D eigenvalue weighted by Gasteiger charge is 2.22. The third-order valence-corrected chi connectivity index (χ3v) is 1.83. The van der Waals surface area contributed by atoms with E-state index in [1.54, 1.807) is 0 Å². The molecule has 0 unspecified atom stereocenters. The van der Waals surface area contributed by atoms with E-state index >= 15 is 0 Å². The summed E-state index contributed by atoms with van der Waals surface area (Å²) in [5, 5.41) is 5.84. The SMILES string of the molecule is C=C(Br)CNCC(=O)NC1CC1. The standard InChI is InChI=1S/C8H13BrN2O/c1-6(9)4-10-5-8(12)11-7-2-3-7/h7,10H,1-5H2,(H,11,12). The van der Waals surface area contributed by atoms with Gasteiger partial charge in [0.2, 0.25) is 5.91 Å². The van der Waals surface area contributed by atoms with Crippen LogP contribution in [0.2, 0.25) is 0 Å². The maximum atomic E-state index is 11.1. The van der Waals surface area contributed by atoms with E-state index in [0.717, 1.165) is 17.3 Å². The van der Waals surface area contributed by atoms with Gasteiger partial charge in [0.15, 0.2) is 0 Å². The lowest BCUT2D eigenvalue weighted by molar-refractivity contribution is -0.120. The van der Waals surface area contributed by atoms with Crippen LogP contribution in [-0.4, -0.2) is 25.0 Å². The van der Waals surface area contributed by atoms with Crippen molar-refractivity contribution in [3.8, 4) is 0 Å². The summed E-state index contributed by atoms with van der Waals surface area (Å²) < 4.78 is 0.863. The van der Waals surface area contributed by atoms with Crippen molar-refractivity contribution in [2.45, 2.75) is 18.9 Å². The number of nitrogens with one attached hydrogen (secondary N) is 2.